The van der Waals surface area contributed by atoms with Crippen LogP contribution in [0.4, 0.5) is 0 Å². The molecule has 4 N–H and O–H groups in total. The second-order valence-electron chi connectivity index (χ2n) is 2.68. The molecule has 72 valence electrons. The van der Waals surface area contributed by atoms with Crippen LogP contribution in [-0.2, 0) is 4.79 Å². The summed E-state index contributed by atoms with van der Waals surface area (Å²) in [6.07, 6.45) is -2.90. The topological polar surface area (TPSA) is 89.8 Å². The summed E-state index contributed by atoms with van der Waals surface area (Å²) in [5, 5.41) is 27.7. The molecule has 2 unspecified atom stereocenters. The van der Waals surface area contributed by atoms with Gasteiger partial charge >= 0.3 is 0 Å². The van der Waals surface area contributed by atoms with Crippen molar-refractivity contribution in [1.82, 2.24) is 5.32 Å². The summed E-state index contributed by atoms with van der Waals surface area (Å²) in [4.78, 5) is 11.0. The van der Waals surface area contributed by atoms with E-state index in [-0.39, 0.29) is 5.92 Å². The lowest BCUT2D eigenvalue weighted by atomic mass is 10.1. The second-order valence-corrected chi connectivity index (χ2v) is 2.68. The molecule has 0 spiro atoms. The van der Waals surface area contributed by atoms with Crippen LogP contribution in [0.25, 0.3) is 0 Å². The van der Waals surface area contributed by atoms with Gasteiger partial charge in [0.05, 0.1) is 0 Å². The maximum atomic E-state index is 11.0. The van der Waals surface area contributed by atoms with Crippen LogP contribution in [0.15, 0.2) is 0 Å². The zero-order valence-electron chi connectivity index (χ0n) is 7.19. The van der Waals surface area contributed by atoms with Crippen molar-refractivity contribution in [1.29, 1.82) is 0 Å². The molecule has 0 fully saturated rings. The van der Waals surface area contributed by atoms with E-state index in [1.807, 2.05) is 12.2 Å². The quantitative estimate of drug-likeness (QED) is 0.405. The summed E-state index contributed by atoms with van der Waals surface area (Å²) in [5.41, 5.74) is 0. The molecule has 0 heterocycles. The third kappa shape index (κ3) is 3.66. The fraction of sp³-hybridized carbons (Fsp3) is 0.857. The lowest BCUT2D eigenvalue weighted by Gasteiger charge is -2.16. The van der Waals surface area contributed by atoms with Gasteiger partial charge in [0.25, 0.3) is 0 Å². The van der Waals surface area contributed by atoms with Crippen LogP contribution >= 0.6 is 0 Å². The third-order valence-electron chi connectivity index (χ3n) is 1.63. The molecule has 0 bridgehead atoms. The zero-order valence-corrected chi connectivity index (χ0v) is 7.19. The Hall–Kier alpha value is -0.650. The van der Waals surface area contributed by atoms with Crippen molar-refractivity contribution in [2.75, 3.05) is 0 Å². The van der Waals surface area contributed by atoms with E-state index in [4.69, 9.17) is 15.3 Å². The van der Waals surface area contributed by atoms with E-state index in [1.54, 1.807) is 6.92 Å². The Morgan fingerprint density at radius 2 is 1.92 bits per heavy atom. The predicted octanol–water partition coefficient (Wildman–Crippen LogP) is -1.22. The number of aliphatic hydroxyl groups excluding tert-OH is 2. The zero-order chi connectivity index (χ0) is 9.72. The molecule has 0 aliphatic rings. The van der Waals surface area contributed by atoms with Gasteiger partial charge in [-0.05, 0) is 6.42 Å². The average Bonchev–Trinajstić information content (AvgIpc) is 2.02. The van der Waals surface area contributed by atoms with Crippen LogP contribution < -0.4 is 5.32 Å². The van der Waals surface area contributed by atoms with E-state index in [0.29, 0.717) is 6.42 Å². The monoisotopic (exact) mass is 177 g/mol. The second kappa shape index (κ2) is 5.08. The van der Waals surface area contributed by atoms with E-state index < -0.39 is 18.4 Å². The third-order valence-corrected chi connectivity index (χ3v) is 1.63. The van der Waals surface area contributed by atoms with Crippen molar-refractivity contribution in [3.05, 3.63) is 0 Å². The van der Waals surface area contributed by atoms with Crippen LogP contribution in [-0.4, -0.2) is 33.7 Å². The summed E-state index contributed by atoms with van der Waals surface area (Å²) in [7, 11) is 0. The van der Waals surface area contributed by atoms with Crippen molar-refractivity contribution >= 4 is 5.91 Å². The Morgan fingerprint density at radius 3 is 2.25 bits per heavy atom. The Bertz CT molecular complexity index is 148. The van der Waals surface area contributed by atoms with Gasteiger partial charge in [0.1, 0.15) is 0 Å². The van der Waals surface area contributed by atoms with Gasteiger partial charge in [-0.1, -0.05) is 13.8 Å². The van der Waals surface area contributed by atoms with Crippen LogP contribution in [0, 0.1) is 5.92 Å². The maximum absolute atomic E-state index is 11.0. The first-order valence-electron chi connectivity index (χ1n) is 3.83. The number of nitrogens with one attached hydrogen (secondary N) is 1. The number of carbonyl (C=O) groups excluding carboxylic acids is 1. The van der Waals surface area contributed by atoms with Crippen LogP contribution in [0.5, 0.6) is 0 Å². The molecule has 0 radical (unpaired) electrons. The molecular weight excluding hydrogens is 162 g/mol. The highest BCUT2D eigenvalue weighted by Crippen LogP contribution is 2.00. The van der Waals surface area contributed by atoms with Gasteiger partial charge in [-0.15, -0.1) is 0 Å². The number of hydrogen-bond donors (Lipinski definition) is 4. The number of rotatable bonds is 4. The minimum atomic E-state index is -1.93. The van der Waals surface area contributed by atoms with Crippen LogP contribution in [0.3, 0.4) is 0 Å². The smallest absolute Gasteiger partial charge is 0.224 e. The first kappa shape index (κ1) is 11.4. The fourth-order valence-electron chi connectivity index (χ4n) is 0.548. The standard InChI is InChI=1S/C7H15NO4/c1-3-4(2)5(9)8-6(10)7(11)12/h4,6-7,10-12H,3H2,1-2H3,(H,8,9). The molecule has 0 aliphatic carbocycles. The van der Waals surface area contributed by atoms with Crippen molar-refractivity contribution in [2.45, 2.75) is 32.8 Å². The number of amides is 1. The SMILES string of the molecule is CCC(C)C(=O)NC(O)C(O)O. The van der Waals surface area contributed by atoms with Crippen molar-refractivity contribution in [3.8, 4) is 0 Å². The lowest BCUT2D eigenvalue weighted by molar-refractivity contribution is -0.150. The number of hydrogen-bond acceptors (Lipinski definition) is 4. The Kier molecular flexibility index (Phi) is 4.80. The van der Waals surface area contributed by atoms with Crippen molar-refractivity contribution < 1.29 is 20.1 Å². The molecule has 5 heteroatoms. The molecule has 0 aromatic carbocycles. The van der Waals surface area contributed by atoms with Gasteiger partial charge in [0.15, 0.2) is 12.5 Å². The Balaban J connectivity index is 3.84. The molecule has 12 heavy (non-hydrogen) atoms. The van der Waals surface area contributed by atoms with Crippen molar-refractivity contribution in [3.63, 3.8) is 0 Å². The number of carbonyl (C=O) groups is 1. The molecular formula is C7H15NO4. The highest BCUT2D eigenvalue weighted by Gasteiger charge is 2.18. The molecule has 5 nitrogen and oxygen atoms in total. The molecule has 0 aromatic rings. The summed E-state index contributed by atoms with van der Waals surface area (Å²) < 4.78 is 0. The fourth-order valence-corrected chi connectivity index (χ4v) is 0.548. The van der Waals surface area contributed by atoms with Crippen molar-refractivity contribution in [2.24, 2.45) is 5.92 Å². The van der Waals surface area contributed by atoms with Crippen LogP contribution in [0.1, 0.15) is 20.3 Å². The Labute approximate surface area is 71.0 Å². The van der Waals surface area contributed by atoms with E-state index >= 15 is 0 Å². The summed E-state index contributed by atoms with van der Waals surface area (Å²) >= 11 is 0. The summed E-state index contributed by atoms with van der Waals surface area (Å²) in [5.74, 6) is -0.628. The van der Waals surface area contributed by atoms with E-state index in [0.717, 1.165) is 0 Å². The predicted molar refractivity (Wildman–Crippen MR) is 41.8 cm³/mol. The van der Waals surface area contributed by atoms with Gasteiger partial charge in [-0.2, -0.15) is 0 Å². The minimum Gasteiger partial charge on any atom is -0.369 e. The van der Waals surface area contributed by atoms with Gasteiger partial charge in [0, 0.05) is 5.92 Å². The highest BCUT2D eigenvalue weighted by atomic mass is 16.5. The van der Waals surface area contributed by atoms with Gasteiger partial charge < -0.3 is 20.6 Å². The van der Waals surface area contributed by atoms with Gasteiger partial charge in [-0.25, -0.2) is 0 Å². The molecule has 0 rings (SSSR count). The summed E-state index contributed by atoms with van der Waals surface area (Å²) in [6.45, 7) is 3.51. The minimum absolute atomic E-state index is 0.238. The molecule has 1 amide bonds. The van der Waals surface area contributed by atoms with Crippen LogP contribution in [0.2, 0.25) is 0 Å². The van der Waals surface area contributed by atoms with Gasteiger partial charge in [0.2, 0.25) is 5.91 Å². The molecule has 0 aromatic heterocycles. The van der Waals surface area contributed by atoms with E-state index in [2.05, 4.69) is 0 Å². The Morgan fingerprint density at radius 1 is 1.42 bits per heavy atom. The molecule has 0 saturated heterocycles. The molecule has 2 atom stereocenters. The largest absolute Gasteiger partial charge is 0.369 e. The summed E-state index contributed by atoms with van der Waals surface area (Å²) in [6, 6.07) is 0. The molecule has 0 saturated carbocycles. The average molecular weight is 177 g/mol. The molecule has 0 aliphatic heterocycles. The van der Waals surface area contributed by atoms with E-state index in [1.165, 1.54) is 0 Å². The number of aliphatic hydroxyl groups is 3. The maximum Gasteiger partial charge on any atom is 0.224 e. The first-order chi connectivity index (χ1) is 5.49. The first-order valence-corrected chi connectivity index (χ1v) is 3.83. The highest BCUT2D eigenvalue weighted by molar-refractivity contribution is 5.78. The normalized spacial score (nSPS) is 15.8. The lowest BCUT2D eigenvalue weighted by Crippen LogP contribution is -2.45. The van der Waals surface area contributed by atoms with Gasteiger partial charge in [-0.3, -0.25) is 4.79 Å². The van der Waals surface area contributed by atoms with E-state index in [9.17, 15) is 4.79 Å².